The van der Waals surface area contributed by atoms with Gasteiger partial charge in [-0.1, -0.05) is 0 Å². The molecule has 1 aromatic rings. The molecule has 1 saturated heterocycles. The topological polar surface area (TPSA) is 53.5 Å². The molecule has 19 heavy (non-hydrogen) atoms. The second kappa shape index (κ2) is 4.92. The average Bonchev–Trinajstić information content (AvgIpc) is 3.20. The third-order valence-corrected chi connectivity index (χ3v) is 4.66. The zero-order valence-electron chi connectivity index (χ0n) is 11.0. The highest BCUT2D eigenvalue weighted by atomic mass is 32.1. The summed E-state index contributed by atoms with van der Waals surface area (Å²) >= 11 is 1.39. The molecule has 1 saturated carbocycles. The highest BCUT2D eigenvalue weighted by molar-refractivity contribution is 7.11. The molecule has 0 aromatic carbocycles. The third kappa shape index (κ3) is 2.49. The number of carbonyl (C=O) groups excluding carboxylic acids is 2. The molecule has 3 rings (SSSR count). The van der Waals surface area contributed by atoms with Gasteiger partial charge < -0.3 is 9.80 Å². The molecule has 0 atom stereocenters. The van der Waals surface area contributed by atoms with Crippen LogP contribution in [0, 0.1) is 12.8 Å². The number of hydrogen-bond donors (Lipinski definition) is 0. The number of piperazine rings is 1. The van der Waals surface area contributed by atoms with Gasteiger partial charge in [0.25, 0.3) is 5.91 Å². The molecule has 2 amide bonds. The zero-order chi connectivity index (χ0) is 13.4. The molecular formula is C13H17N3O2S. The molecule has 1 aliphatic carbocycles. The summed E-state index contributed by atoms with van der Waals surface area (Å²) in [6.45, 7) is 4.46. The normalized spacial score (nSPS) is 19.6. The highest BCUT2D eigenvalue weighted by Gasteiger charge is 2.35. The molecule has 0 radical (unpaired) electrons. The zero-order valence-corrected chi connectivity index (χ0v) is 11.8. The van der Waals surface area contributed by atoms with Gasteiger partial charge in [0, 0.05) is 32.1 Å². The van der Waals surface area contributed by atoms with Crippen molar-refractivity contribution in [3.05, 3.63) is 16.1 Å². The van der Waals surface area contributed by atoms with Crippen molar-refractivity contribution in [3.8, 4) is 0 Å². The summed E-state index contributed by atoms with van der Waals surface area (Å²) in [5.74, 6) is 0.602. The van der Waals surface area contributed by atoms with E-state index in [1.165, 1.54) is 11.3 Å². The molecule has 2 heterocycles. The summed E-state index contributed by atoms with van der Waals surface area (Å²) in [7, 11) is 0. The highest BCUT2D eigenvalue weighted by Crippen LogP contribution is 2.31. The monoisotopic (exact) mass is 279 g/mol. The number of nitrogens with zero attached hydrogens (tertiary/aromatic N) is 3. The Bertz CT molecular complexity index is 502. The molecular weight excluding hydrogens is 262 g/mol. The first-order valence-electron chi connectivity index (χ1n) is 6.65. The summed E-state index contributed by atoms with van der Waals surface area (Å²) in [5.41, 5.74) is 2.50. The van der Waals surface area contributed by atoms with Crippen molar-refractivity contribution in [1.82, 2.24) is 14.8 Å². The van der Waals surface area contributed by atoms with Crippen LogP contribution in [0.15, 0.2) is 5.51 Å². The van der Waals surface area contributed by atoms with Gasteiger partial charge in [-0.05, 0) is 19.8 Å². The van der Waals surface area contributed by atoms with Gasteiger partial charge in [-0.25, -0.2) is 4.98 Å². The smallest absolute Gasteiger partial charge is 0.265 e. The van der Waals surface area contributed by atoms with E-state index >= 15 is 0 Å². The number of aryl methyl sites for hydroxylation is 1. The van der Waals surface area contributed by atoms with Crippen LogP contribution in [0.2, 0.25) is 0 Å². The molecule has 2 aliphatic rings. The second-order valence-corrected chi connectivity index (χ2v) is 6.01. The molecule has 1 aliphatic heterocycles. The lowest BCUT2D eigenvalue weighted by molar-refractivity contribution is -0.134. The SMILES string of the molecule is Cc1ncsc1C(=O)N1CCN(C(=O)C2CC2)CC1. The van der Waals surface area contributed by atoms with Gasteiger partial charge in [-0.2, -0.15) is 0 Å². The maximum atomic E-state index is 12.3. The predicted octanol–water partition coefficient (Wildman–Crippen LogP) is 1.15. The quantitative estimate of drug-likeness (QED) is 0.816. The fraction of sp³-hybridized carbons (Fsp3) is 0.615. The minimum Gasteiger partial charge on any atom is -0.339 e. The van der Waals surface area contributed by atoms with Crippen LogP contribution in [0.25, 0.3) is 0 Å². The molecule has 0 unspecified atom stereocenters. The number of rotatable bonds is 2. The molecule has 0 bridgehead atoms. The second-order valence-electron chi connectivity index (χ2n) is 5.16. The maximum absolute atomic E-state index is 12.3. The van der Waals surface area contributed by atoms with Crippen molar-refractivity contribution in [1.29, 1.82) is 0 Å². The van der Waals surface area contributed by atoms with Crippen LogP contribution in [0.3, 0.4) is 0 Å². The Morgan fingerprint density at radius 2 is 1.84 bits per heavy atom. The van der Waals surface area contributed by atoms with Crippen LogP contribution in [0.5, 0.6) is 0 Å². The first-order chi connectivity index (χ1) is 9.16. The number of amides is 2. The summed E-state index contributed by atoms with van der Waals surface area (Å²) in [6.07, 6.45) is 2.08. The molecule has 2 fully saturated rings. The number of carbonyl (C=O) groups is 2. The van der Waals surface area contributed by atoms with Crippen LogP contribution < -0.4 is 0 Å². The number of thiazole rings is 1. The molecule has 102 valence electrons. The van der Waals surface area contributed by atoms with E-state index in [2.05, 4.69) is 4.98 Å². The summed E-state index contributed by atoms with van der Waals surface area (Å²) in [4.78, 5) is 32.8. The fourth-order valence-corrected chi connectivity index (χ4v) is 3.14. The van der Waals surface area contributed by atoms with E-state index in [1.54, 1.807) is 5.51 Å². The Kier molecular flexibility index (Phi) is 3.26. The van der Waals surface area contributed by atoms with Crippen molar-refractivity contribution < 1.29 is 9.59 Å². The van der Waals surface area contributed by atoms with E-state index < -0.39 is 0 Å². The third-order valence-electron chi connectivity index (χ3n) is 3.74. The van der Waals surface area contributed by atoms with Crippen molar-refractivity contribution >= 4 is 23.2 Å². The van der Waals surface area contributed by atoms with E-state index in [0.29, 0.717) is 26.2 Å². The largest absolute Gasteiger partial charge is 0.339 e. The van der Waals surface area contributed by atoms with Gasteiger partial charge in [0.15, 0.2) is 0 Å². The van der Waals surface area contributed by atoms with Crippen LogP contribution in [-0.2, 0) is 4.79 Å². The van der Waals surface area contributed by atoms with Gasteiger partial charge in [0.05, 0.1) is 11.2 Å². The summed E-state index contributed by atoms with van der Waals surface area (Å²) in [5, 5.41) is 0. The van der Waals surface area contributed by atoms with Crippen molar-refractivity contribution in [3.63, 3.8) is 0 Å². The standard InChI is InChI=1S/C13H17N3O2S/c1-9-11(19-8-14-9)13(18)16-6-4-15(5-7-16)12(17)10-2-3-10/h8,10H,2-7H2,1H3. The van der Waals surface area contributed by atoms with Gasteiger partial charge in [-0.15, -0.1) is 11.3 Å². The summed E-state index contributed by atoms with van der Waals surface area (Å²) in [6, 6.07) is 0. The molecule has 5 nitrogen and oxygen atoms in total. The molecule has 0 N–H and O–H groups in total. The average molecular weight is 279 g/mol. The minimum atomic E-state index is 0.0542. The first kappa shape index (κ1) is 12.6. The van der Waals surface area contributed by atoms with Crippen molar-refractivity contribution in [2.75, 3.05) is 26.2 Å². The van der Waals surface area contributed by atoms with Gasteiger partial charge in [0.2, 0.25) is 5.91 Å². The van der Waals surface area contributed by atoms with E-state index in [0.717, 1.165) is 23.4 Å². The molecule has 6 heteroatoms. The van der Waals surface area contributed by atoms with Crippen molar-refractivity contribution in [2.24, 2.45) is 5.92 Å². The van der Waals surface area contributed by atoms with Crippen molar-refractivity contribution in [2.45, 2.75) is 19.8 Å². The van der Waals surface area contributed by atoms with Crippen LogP contribution in [0.4, 0.5) is 0 Å². The van der Waals surface area contributed by atoms with Gasteiger partial charge in [-0.3, -0.25) is 9.59 Å². The van der Waals surface area contributed by atoms with E-state index in [4.69, 9.17) is 0 Å². The van der Waals surface area contributed by atoms with Crippen LogP contribution in [-0.4, -0.2) is 52.8 Å². The fourth-order valence-electron chi connectivity index (χ4n) is 2.37. The van der Waals surface area contributed by atoms with Gasteiger partial charge in [0.1, 0.15) is 4.88 Å². The Balaban J connectivity index is 1.59. The van der Waals surface area contributed by atoms with E-state index in [-0.39, 0.29) is 17.7 Å². The lowest BCUT2D eigenvalue weighted by Gasteiger charge is -2.34. The predicted molar refractivity (Wildman–Crippen MR) is 72.1 cm³/mol. The van der Waals surface area contributed by atoms with E-state index in [1.807, 2.05) is 16.7 Å². The lowest BCUT2D eigenvalue weighted by Crippen LogP contribution is -2.51. The molecule has 0 spiro atoms. The Labute approximate surface area is 116 Å². The van der Waals surface area contributed by atoms with Crippen LogP contribution >= 0.6 is 11.3 Å². The minimum absolute atomic E-state index is 0.0542. The Morgan fingerprint density at radius 1 is 1.21 bits per heavy atom. The Hall–Kier alpha value is -1.43. The van der Waals surface area contributed by atoms with E-state index in [9.17, 15) is 9.59 Å². The lowest BCUT2D eigenvalue weighted by atomic mass is 10.2. The maximum Gasteiger partial charge on any atom is 0.265 e. The number of aromatic nitrogens is 1. The van der Waals surface area contributed by atoms with Crippen LogP contribution in [0.1, 0.15) is 28.2 Å². The van der Waals surface area contributed by atoms with Gasteiger partial charge >= 0.3 is 0 Å². The first-order valence-corrected chi connectivity index (χ1v) is 7.53. The summed E-state index contributed by atoms with van der Waals surface area (Å²) < 4.78 is 0. The number of hydrogen-bond acceptors (Lipinski definition) is 4. The Morgan fingerprint density at radius 3 is 2.37 bits per heavy atom. The molecule has 1 aromatic heterocycles.